The average Bonchev–Trinajstić information content (AvgIpc) is 3.26. The minimum atomic E-state index is -1.11. The van der Waals surface area contributed by atoms with Crippen LogP contribution in [0, 0.1) is 5.82 Å². The van der Waals surface area contributed by atoms with Gasteiger partial charge >= 0.3 is 0 Å². The number of fused-ring (bicyclic) bond motifs is 1. The van der Waals surface area contributed by atoms with Crippen LogP contribution < -0.4 is 10.6 Å². The van der Waals surface area contributed by atoms with E-state index >= 15 is 0 Å². The molecule has 0 bridgehead atoms. The zero-order valence-electron chi connectivity index (χ0n) is 16.9. The van der Waals surface area contributed by atoms with Crippen LogP contribution in [0.5, 0.6) is 0 Å². The molecule has 0 aliphatic carbocycles. The van der Waals surface area contributed by atoms with Gasteiger partial charge in [0.05, 0.1) is 12.7 Å². The topological polar surface area (TPSA) is 90.3 Å². The van der Waals surface area contributed by atoms with E-state index in [2.05, 4.69) is 25.7 Å². The van der Waals surface area contributed by atoms with E-state index in [0.717, 1.165) is 22.0 Å². The summed E-state index contributed by atoms with van der Waals surface area (Å²) in [6, 6.07) is 4.74. The third-order valence-electron chi connectivity index (χ3n) is 4.63. The Hall–Kier alpha value is -2.14. The maximum atomic E-state index is 13.5. The number of hydrogen-bond acceptors (Lipinski definition) is 3. The lowest BCUT2D eigenvalue weighted by atomic mass is 10.0. The molecule has 0 aliphatic heterocycles. The van der Waals surface area contributed by atoms with Crippen LogP contribution >= 0.6 is 24.0 Å². The highest BCUT2D eigenvalue weighted by Gasteiger charge is 2.24. The predicted molar refractivity (Wildman–Crippen MR) is 124 cm³/mol. The molecule has 7 nitrogen and oxygen atoms in total. The van der Waals surface area contributed by atoms with E-state index in [-0.39, 0.29) is 36.3 Å². The number of nitrogens with one attached hydrogen (secondary N) is 3. The van der Waals surface area contributed by atoms with E-state index in [1.807, 2.05) is 20.2 Å². The number of nitrogens with zero attached hydrogens (tertiary/aromatic N) is 3. The van der Waals surface area contributed by atoms with Crippen LogP contribution in [0.3, 0.4) is 0 Å². The van der Waals surface area contributed by atoms with Gasteiger partial charge in [-0.15, -0.1) is 24.0 Å². The van der Waals surface area contributed by atoms with Crippen LogP contribution in [0.2, 0.25) is 0 Å². The number of aliphatic imine (C=N–C) groups is 1. The van der Waals surface area contributed by atoms with Gasteiger partial charge < -0.3 is 20.7 Å². The van der Waals surface area contributed by atoms with E-state index in [1.54, 1.807) is 36.1 Å². The van der Waals surface area contributed by atoms with Crippen molar-refractivity contribution in [3.63, 3.8) is 0 Å². The molecule has 9 heteroatoms. The second-order valence-corrected chi connectivity index (χ2v) is 7.05. The normalized spacial score (nSPS) is 13.8. The first kappa shape index (κ1) is 23.1. The molecule has 3 aromatic rings. The summed E-state index contributed by atoms with van der Waals surface area (Å²) in [5, 5.41) is 22.1. The number of rotatable bonds is 7. The molecule has 158 valence electrons. The van der Waals surface area contributed by atoms with Crippen LogP contribution in [-0.4, -0.2) is 45.5 Å². The highest BCUT2D eigenvalue weighted by Crippen LogP contribution is 2.20. The first-order chi connectivity index (χ1) is 13.4. The van der Waals surface area contributed by atoms with Crippen molar-refractivity contribution in [2.24, 2.45) is 12.0 Å². The SMILES string of the molecule is CCNC(=NCC(C)(O)c1cnn(C)c1)NCCc1c[nH]c2ccc(F)cc12.I. The monoisotopic (exact) mass is 514 g/mol. The summed E-state index contributed by atoms with van der Waals surface area (Å²) in [5.74, 6) is 0.381. The predicted octanol–water partition coefficient (Wildman–Crippen LogP) is 2.66. The molecule has 1 unspecified atom stereocenters. The van der Waals surface area contributed by atoms with Crippen molar-refractivity contribution in [1.82, 2.24) is 25.4 Å². The fourth-order valence-corrected chi connectivity index (χ4v) is 3.04. The molecule has 1 atom stereocenters. The van der Waals surface area contributed by atoms with E-state index in [1.165, 1.54) is 6.07 Å². The summed E-state index contributed by atoms with van der Waals surface area (Å²) in [5.41, 5.74) is 1.57. The zero-order valence-corrected chi connectivity index (χ0v) is 19.2. The summed E-state index contributed by atoms with van der Waals surface area (Å²) in [6.07, 6.45) is 6.05. The smallest absolute Gasteiger partial charge is 0.191 e. The van der Waals surface area contributed by atoms with Crippen molar-refractivity contribution in [1.29, 1.82) is 0 Å². The standard InChI is InChI=1S/C20H27FN6O.HI/c1-4-22-19(25-13-20(2,28)15-11-26-27(3)12-15)23-8-7-14-10-24-18-6-5-16(21)9-17(14)18;/h5-6,9-12,24,28H,4,7-8,13H2,1-3H3,(H2,22,23,25);1H. The van der Waals surface area contributed by atoms with Crippen molar-refractivity contribution in [2.45, 2.75) is 25.9 Å². The molecule has 0 aliphatic rings. The van der Waals surface area contributed by atoms with Crippen molar-refractivity contribution in [2.75, 3.05) is 19.6 Å². The third kappa shape index (κ3) is 5.92. The molecule has 1 aromatic carbocycles. The Morgan fingerprint density at radius 3 is 2.86 bits per heavy atom. The molecular formula is C20H28FIN6O. The van der Waals surface area contributed by atoms with E-state index in [0.29, 0.717) is 25.5 Å². The number of aliphatic hydroxyl groups is 1. The largest absolute Gasteiger partial charge is 0.383 e. The highest BCUT2D eigenvalue weighted by atomic mass is 127. The lowest BCUT2D eigenvalue weighted by molar-refractivity contribution is 0.0672. The molecule has 0 spiro atoms. The summed E-state index contributed by atoms with van der Waals surface area (Å²) < 4.78 is 15.2. The van der Waals surface area contributed by atoms with Crippen molar-refractivity contribution in [3.05, 3.63) is 53.7 Å². The molecule has 0 radical (unpaired) electrons. The number of hydrogen-bond donors (Lipinski definition) is 4. The van der Waals surface area contributed by atoms with Crippen LogP contribution in [0.15, 0.2) is 41.8 Å². The number of guanidine groups is 1. The lowest BCUT2D eigenvalue weighted by Gasteiger charge is -2.20. The van der Waals surface area contributed by atoms with Crippen LogP contribution in [0.1, 0.15) is 25.0 Å². The minimum Gasteiger partial charge on any atom is -0.383 e. The van der Waals surface area contributed by atoms with Gasteiger partial charge in [0.2, 0.25) is 0 Å². The molecule has 0 saturated heterocycles. The van der Waals surface area contributed by atoms with Crippen molar-refractivity contribution >= 4 is 40.8 Å². The molecular weight excluding hydrogens is 486 g/mol. The van der Waals surface area contributed by atoms with Crippen LogP contribution in [0.25, 0.3) is 10.9 Å². The Morgan fingerprint density at radius 1 is 1.38 bits per heavy atom. The van der Waals surface area contributed by atoms with Crippen molar-refractivity contribution in [3.8, 4) is 0 Å². The van der Waals surface area contributed by atoms with Crippen LogP contribution in [-0.2, 0) is 19.1 Å². The number of halogens is 2. The number of benzene rings is 1. The molecule has 4 N–H and O–H groups in total. The third-order valence-corrected chi connectivity index (χ3v) is 4.63. The second-order valence-electron chi connectivity index (χ2n) is 7.05. The van der Waals surface area contributed by atoms with Gasteiger partial charge in [-0.3, -0.25) is 4.68 Å². The Kier molecular flexibility index (Phi) is 8.03. The van der Waals surface area contributed by atoms with Gasteiger partial charge in [-0.05, 0) is 44.0 Å². The molecule has 0 saturated carbocycles. The maximum absolute atomic E-state index is 13.5. The van der Waals surface area contributed by atoms with Crippen molar-refractivity contribution < 1.29 is 9.50 Å². The van der Waals surface area contributed by atoms with Gasteiger partial charge in [-0.25, -0.2) is 9.38 Å². The second kappa shape index (κ2) is 10.1. The first-order valence-electron chi connectivity index (χ1n) is 9.38. The average molecular weight is 514 g/mol. The first-order valence-corrected chi connectivity index (χ1v) is 9.38. The summed E-state index contributed by atoms with van der Waals surface area (Å²) in [6.45, 7) is 5.24. The zero-order chi connectivity index (χ0) is 20.1. The molecule has 2 heterocycles. The quantitative estimate of drug-likeness (QED) is 0.222. The Labute approximate surface area is 186 Å². The van der Waals surface area contributed by atoms with Gasteiger partial charge in [-0.1, -0.05) is 0 Å². The molecule has 0 amide bonds. The summed E-state index contributed by atoms with van der Waals surface area (Å²) >= 11 is 0. The minimum absolute atomic E-state index is 0. The fraction of sp³-hybridized carbons (Fsp3) is 0.400. The van der Waals surface area contributed by atoms with Gasteiger partial charge in [0.25, 0.3) is 0 Å². The van der Waals surface area contributed by atoms with E-state index in [4.69, 9.17) is 0 Å². The maximum Gasteiger partial charge on any atom is 0.191 e. The number of aromatic amines is 1. The Balaban J connectivity index is 0.00000300. The molecule has 3 rings (SSSR count). The summed E-state index contributed by atoms with van der Waals surface area (Å²) in [7, 11) is 1.81. The molecule has 29 heavy (non-hydrogen) atoms. The van der Waals surface area contributed by atoms with E-state index in [9.17, 15) is 9.50 Å². The highest BCUT2D eigenvalue weighted by molar-refractivity contribution is 14.0. The lowest BCUT2D eigenvalue weighted by Crippen LogP contribution is -2.39. The molecule has 0 fully saturated rings. The van der Waals surface area contributed by atoms with Crippen LogP contribution in [0.4, 0.5) is 4.39 Å². The molecule has 2 aromatic heterocycles. The number of aromatic nitrogens is 3. The fourth-order valence-electron chi connectivity index (χ4n) is 3.04. The van der Waals surface area contributed by atoms with Gasteiger partial charge in [-0.2, -0.15) is 5.10 Å². The number of H-pyrrole nitrogens is 1. The van der Waals surface area contributed by atoms with E-state index < -0.39 is 5.60 Å². The summed E-state index contributed by atoms with van der Waals surface area (Å²) in [4.78, 5) is 7.67. The van der Waals surface area contributed by atoms with Gasteiger partial charge in [0.1, 0.15) is 11.4 Å². The Bertz CT molecular complexity index is 965. The Morgan fingerprint density at radius 2 is 2.17 bits per heavy atom. The number of aryl methyl sites for hydroxylation is 1. The van der Waals surface area contributed by atoms with Gasteiger partial charge in [0.15, 0.2) is 5.96 Å². The van der Waals surface area contributed by atoms with Gasteiger partial charge in [0, 0.05) is 49.0 Å².